The van der Waals surface area contributed by atoms with Crippen molar-refractivity contribution in [3.8, 4) is 0 Å². The number of carbonyl (C=O) groups excluding carboxylic acids is 1. The summed E-state index contributed by atoms with van der Waals surface area (Å²) in [6.45, 7) is 14.5. The van der Waals surface area contributed by atoms with E-state index >= 15 is 0 Å². The number of hydrogen-bond acceptors (Lipinski definition) is 2. The number of carboxylic acids is 1. The average Bonchev–Trinajstić information content (AvgIpc) is 3.00. The zero-order valence-corrected chi connectivity index (χ0v) is 21.5. The summed E-state index contributed by atoms with van der Waals surface area (Å²) in [6.07, 6.45) is 12.6. The van der Waals surface area contributed by atoms with Crippen molar-refractivity contribution < 1.29 is 14.7 Å². The maximum atomic E-state index is 12.8. The first kappa shape index (κ1) is 24.0. The van der Waals surface area contributed by atoms with E-state index in [4.69, 9.17) is 5.11 Å². The van der Waals surface area contributed by atoms with E-state index in [1.165, 1.54) is 38.5 Å². The molecule has 4 rings (SSSR count). The monoisotopic (exact) mass is 442 g/mol. The fourth-order valence-electron chi connectivity index (χ4n) is 9.39. The number of unbranched alkanes of at least 4 members (excludes halogenated alkanes) is 1. The second kappa shape index (κ2) is 7.98. The molecule has 180 valence electrons. The number of rotatable bonds is 6. The first-order chi connectivity index (χ1) is 14.9. The Hall–Kier alpha value is -1.12. The van der Waals surface area contributed by atoms with Gasteiger partial charge in [-0.05, 0) is 85.4 Å². The lowest BCUT2D eigenvalue weighted by molar-refractivity contribution is -0.139. The van der Waals surface area contributed by atoms with Crippen LogP contribution in [0.4, 0.5) is 0 Å². The van der Waals surface area contributed by atoms with Crippen LogP contribution in [0.2, 0.25) is 0 Å². The Kier molecular flexibility index (Phi) is 5.99. The Morgan fingerprint density at radius 3 is 2.38 bits per heavy atom. The standard InChI is InChI=1S/C29H46O3/c1-19(9-7-8-10-25(31)32)20-13-17-29(6)22-11-12-23-26(2,3)24(30)15-16-27(23,4)21(22)14-18-28(20,29)5/h19-20,23H,7-18H2,1-6H3,(H,31,32)/t19-,20?,23?,27-,28-,29+/m1/s1. The Labute approximate surface area is 195 Å². The molecule has 0 spiro atoms. The summed E-state index contributed by atoms with van der Waals surface area (Å²) in [4.78, 5) is 23.7. The van der Waals surface area contributed by atoms with Crippen LogP contribution in [0.15, 0.2) is 11.1 Å². The lowest BCUT2D eigenvalue weighted by Crippen LogP contribution is -2.53. The molecule has 0 heterocycles. The number of carbonyl (C=O) groups is 2. The lowest BCUT2D eigenvalue weighted by Gasteiger charge is -2.61. The quantitative estimate of drug-likeness (QED) is 0.340. The molecule has 2 saturated carbocycles. The van der Waals surface area contributed by atoms with Crippen molar-refractivity contribution in [2.24, 2.45) is 39.4 Å². The molecule has 1 N–H and O–H groups in total. The normalized spacial score (nSPS) is 41.6. The molecular weight excluding hydrogens is 396 g/mol. The number of fused-ring (bicyclic) bond motifs is 4. The van der Waals surface area contributed by atoms with Crippen molar-refractivity contribution in [2.75, 3.05) is 0 Å². The maximum absolute atomic E-state index is 12.8. The number of carboxylic acid groups (broad SMARTS) is 1. The summed E-state index contributed by atoms with van der Waals surface area (Å²) in [5, 5.41) is 8.96. The van der Waals surface area contributed by atoms with E-state index < -0.39 is 5.97 Å². The Morgan fingerprint density at radius 2 is 1.69 bits per heavy atom. The molecule has 2 fully saturated rings. The van der Waals surface area contributed by atoms with Crippen molar-refractivity contribution in [2.45, 2.75) is 119 Å². The molecule has 0 saturated heterocycles. The molecule has 0 amide bonds. The van der Waals surface area contributed by atoms with E-state index in [2.05, 4.69) is 41.5 Å². The second-order valence-electron chi connectivity index (χ2n) is 13.1. The number of Topliss-reactive ketones (excluding diaryl/α,β-unsaturated/α-hetero) is 1. The van der Waals surface area contributed by atoms with Gasteiger partial charge in [-0.25, -0.2) is 0 Å². The average molecular weight is 443 g/mol. The molecule has 2 unspecified atom stereocenters. The molecule has 0 aliphatic heterocycles. The van der Waals surface area contributed by atoms with Gasteiger partial charge in [-0.15, -0.1) is 0 Å². The lowest BCUT2D eigenvalue weighted by atomic mass is 9.43. The van der Waals surface area contributed by atoms with E-state index in [0.29, 0.717) is 34.9 Å². The molecule has 6 atom stereocenters. The zero-order chi connectivity index (χ0) is 23.5. The Morgan fingerprint density at radius 1 is 0.969 bits per heavy atom. The molecule has 4 aliphatic carbocycles. The van der Waals surface area contributed by atoms with Gasteiger partial charge in [0.2, 0.25) is 0 Å². The van der Waals surface area contributed by atoms with Gasteiger partial charge in [0, 0.05) is 18.3 Å². The van der Waals surface area contributed by atoms with E-state index in [1.54, 1.807) is 11.1 Å². The smallest absolute Gasteiger partial charge is 0.303 e. The molecule has 3 heteroatoms. The number of aliphatic carboxylic acids is 1. The van der Waals surface area contributed by atoms with Crippen molar-refractivity contribution in [3.05, 3.63) is 11.1 Å². The third-order valence-corrected chi connectivity index (χ3v) is 11.5. The SMILES string of the molecule is C[C@H](CCCCC(=O)O)C1CC[C@@]2(C)C3=C(CC[C@]12C)[C@@]1(C)CCC(=O)C(C)(C)C1CC3. The van der Waals surface area contributed by atoms with Gasteiger partial charge in [0.1, 0.15) is 5.78 Å². The third-order valence-electron chi connectivity index (χ3n) is 11.5. The van der Waals surface area contributed by atoms with Crippen LogP contribution in [0.25, 0.3) is 0 Å². The Balaban J connectivity index is 1.59. The summed E-state index contributed by atoms with van der Waals surface area (Å²) < 4.78 is 0. The molecule has 0 radical (unpaired) electrons. The van der Waals surface area contributed by atoms with Crippen molar-refractivity contribution in [3.63, 3.8) is 0 Å². The minimum Gasteiger partial charge on any atom is -0.481 e. The van der Waals surface area contributed by atoms with Gasteiger partial charge in [0.05, 0.1) is 0 Å². The fourth-order valence-corrected chi connectivity index (χ4v) is 9.39. The van der Waals surface area contributed by atoms with Gasteiger partial charge in [-0.1, -0.05) is 65.5 Å². The van der Waals surface area contributed by atoms with Crippen LogP contribution in [0.3, 0.4) is 0 Å². The van der Waals surface area contributed by atoms with Crippen LogP contribution in [0.1, 0.15) is 119 Å². The minimum absolute atomic E-state index is 0.185. The van der Waals surface area contributed by atoms with Crippen LogP contribution in [0, 0.1) is 39.4 Å². The molecule has 0 aromatic carbocycles. The van der Waals surface area contributed by atoms with Gasteiger partial charge >= 0.3 is 5.97 Å². The van der Waals surface area contributed by atoms with Gasteiger partial charge in [-0.2, -0.15) is 0 Å². The highest BCUT2D eigenvalue weighted by Gasteiger charge is 2.63. The highest BCUT2D eigenvalue weighted by molar-refractivity contribution is 5.85. The molecule has 0 bridgehead atoms. The van der Waals surface area contributed by atoms with E-state index in [0.717, 1.165) is 38.0 Å². The zero-order valence-electron chi connectivity index (χ0n) is 21.5. The maximum Gasteiger partial charge on any atom is 0.303 e. The van der Waals surface area contributed by atoms with E-state index in [-0.39, 0.29) is 10.8 Å². The second-order valence-corrected chi connectivity index (χ2v) is 13.1. The summed E-state index contributed by atoms with van der Waals surface area (Å²) in [7, 11) is 0. The fraction of sp³-hybridized carbons (Fsp3) is 0.862. The third kappa shape index (κ3) is 3.35. The summed E-state index contributed by atoms with van der Waals surface area (Å²) >= 11 is 0. The van der Waals surface area contributed by atoms with Gasteiger partial charge in [-0.3, -0.25) is 9.59 Å². The van der Waals surface area contributed by atoms with Crippen LogP contribution < -0.4 is 0 Å². The number of hydrogen-bond donors (Lipinski definition) is 1. The van der Waals surface area contributed by atoms with E-state index in [1.807, 2.05) is 0 Å². The van der Waals surface area contributed by atoms with Crippen LogP contribution in [0.5, 0.6) is 0 Å². The summed E-state index contributed by atoms with van der Waals surface area (Å²) in [6, 6.07) is 0. The molecule has 0 aromatic rings. The van der Waals surface area contributed by atoms with Crippen molar-refractivity contribution in [1.29, 1.82) is 0 Å². The van der Waals surface area contributed by atoms with E-state index in [9.17, 15) is 9.59 Å². The van der Waals surface area contributed by atoms with Crippen LogP contribution in [-0.2, 0) is 9.59 Å². The number of allylic oxidation sites excluding steroid dienone is 2. The predicted molar refractivity (Wildman–Crippen MR) is 129 cm³/mol. The molecule has 3 nitrogen and oxygen atoms in total. The summed E-state index contributed by atoms with van der Waals surface area (Å²) in [5.74, 6) is 1.71. The van der Waals surface area contributed by atoms with Crippen LogP contribution in [-0.4, -0.2) is 16.9 Å². The first-order valence-electron chi connectivity index (χ1n) is 13.4. The largest absolute Gasteiger partial charge is 0.481 e. The topological polar surface area (TPSA) is 54.4 Å². The highest BCUT2D eigenvalue weighted by atomic mass is 16.4. The van der Waals surface area contributed by atoms with Crippen molar-refractivity contribution >= 4 is 11.8 Å². The first-order valence-corrected chi connectivity index (χ1v) is 13.4. The van der Waals surface area contributed by atoms with Crippen molar-refractivity contribution in [1.82, 2.24) is 0 Å². The minimum atomic E-state index is -0.665. The number of ketones is 1. The predicted octanol–water partition coefficient (Wildman–Crippen LogP) is 7.59. The highest BCUT2D eigenvalue weighted by Crippen LogP contribution is 2.72. The van der Waals surface area contributed by atoms with Crippen LogP contribution >= 0.6 is 0 Å². The molecule has 0 aromatic heterocycles. The van der Waals surface area contributed by atoms with Gasteiger partial charge in [0.25, 0.3) is 0 Å². The molecule has 32 heavy (non-hydrogen) atoms. The Bertz CT molecular complexity index is 822. The van der Waals surface area contributed by atoms with Gasteiger partial charge < -0.3 is 5.11 Å². The molecular formula is C29H46O3. The molecule has 4 aliphatic rings. The summed E-state index contributed by atoms with van der Waals surface area (Å²) in [5.41, 5.74) is 4.20. The van der Waals surface area contributed by atoms with Gasteiger partial charge in [0.15, 0.2) is 0 Å².